The maximum atomic E-state index is 13.8. The number of rotatable bonds is 1. The minimum absolute atomic E-state index is 0.301. The molecule has 1 N–H and O–H groups in total. The summed E-state index contributed by atoms with van der Waals surface area (Å²) in [7, 11) is 0. The van der Waals surface area contributed by atoms with Crippen molar-refractivity contribution in [2.45, 2.75) is 44.6 Å². The highest BCUT2D eigenvalue weighted by molar-refractivity contribution is 9.10. The van der Waals surface area contributed by atoms with Crippen LogP contribution in [-0.2, 0) is 5.60 Å². The van der Waals surface area contributed by atoms with Crippen molar-refractivity contribution in [1.29, 1.82) is 0 Å². The highest BCUT2D eigenvalue weighted by Crippen LogP contribution is 2.39. The molecule has 0 amide bonds. The smallest absolute Gasteiger partial charge is 0.129 e. The van der Waals surface area contributed by atoms with Crippen molar-refractivity contribution in [1.82, 2.24) is 0 Å². The van der Waals surface area contributed by atoms with E-state index in [1.165, 1.54) is 6.07 Å². The van der Waals surface area contributed by atoms with Crippen molar-refractivity contribution < 1.29 is 9.50 Å². The maximum absolute atomic E-state index is 13.8. The number of halogens is 2. The summed E-state index contributed by atoms with van der Waals surface area (Å²) >= 11 is 3.34. The fraction of sp³-hybridized carbons (Fsp3) is 0.571. The quantitative estimate of drug-likeness (QED) is 0.763. The molecule has 1 saturated carbocycles. The molecule has 1 aliphatic rings. The Balaban J connectivity index is 2.33. The van der Waals surface area contributed by atoms with E-state index in [0.717, 1.165) is 23.7 Å². The third-order valence-corrected chi connectivity index (χ3v) is 4.26. The van der Waals surface area contributed by atoms with Gasteiger partial charge in [-0.1, -0.05) is 29.3 Å². The van der Waals surface area contributed by atoms with Gasteiger partial charge in [0.05, 0.1) is 5.60 Å². The lowest BCUT2D eigenvalue weighted by Crippen LogP contribution is -2.26. The molecule has 17 heavy (non-hydrogen) atoms. The van der Waals surface area contributed by atoms with E-state index in [4.69, 9.17) is 0 Å². The van der Waals surface area contributed by atoms with Gasteiger partial charge in [-0.15, -0.1) is 0 Å². The second kappa shape index (κ2) is 5.07. The second-order valence-electron chi connectivity index (χ2n) is 5.19. The van der Waals surface area contributed by atoms with Crippen LogP contribution in [0.1, 0.15) is 44.6 Å². The SMILES string of the molecule is CC1CCCC(O)(c2cc(Br)ccc2F)CC1. The summed E-state index contributed by atoms with van der Waals surface area (Å²) in [5, 5.41) is 10.7. The third-order valence-electron chi connectivity index (χ3n) is 3.77. The molecule has 0 aliphatic heterocycles. The van der Waals surface area contributed by atoms with Gasteiger partial charge >= 0.3 is 0 Å². The minimum atomic E-state index is -0.987. The largest absolute Gasteiger partial charge is 0.385 e. The molecule has 3 heteroatoms. The number of hydrogen-bond donors (Lipinski definition) is 1. The molecular formula is C14H18BrFO. The number of benzene rings is 1. The van der Waals surface area contributed by atoms with Crippen molar-refractivity contribution >= 4 is 15.9 Å². The van der Waals surface area contributed by atoms with Crippen LogP contribution in [0.15, 0.2) is 22.7 Å². The van der Waals surface area contributed by atoms with Crippen molar-refractivity contribution in [3.8, 4) is 0 Å². The van der Waals surface area contributed by atoms with E-state index in [9.17, 15) is 9.50 Å². The Hall–Kier alpha value is -0.410. The molecule has 0 saturated heterocycles. The Bertz CT molecular complexity index is 407. The lowest BCUT2D eigenvalue weighted by Gasteiger charge is -2.28. The number of aliphatic hydroxyl groups is 1. The lowest BCUT2D eigenvalue weighted by molar-refractivity contribution is 0.0164. The predicted molar refractivity (Wildman–Crippen MR) is 70.2 cm³/mol. The van der Waals surface area contributed by atoms with Crippen molar-refractivity contribution in [3.05, 3.63) is 34.1 Å². The summed E-state index contributed by atoms with van der Waals surface area (Å²) in [5.74, 6) is 0.324. The van der Waals surface area contributed by atoms with E-state index in [-0.39, 0.29) is 5.82 Å². The standard InChI is InChI=1S/C14H18BrFO/c1-10-3-2-7-14(17,8-6-10)12-9-11(15)4-5-13(12)16/h4-5,9-10,17H,2-3,6-8H2,1H3. The van der Waals surface area contributed by atoms with E-state index in [1.54, 1.807) is 12.1 Å². The monoisotopic (exact) mass is 300 g/mol. The molecule has 94 valence electrons. The van der Waals surface area contributed by atoms with E-state index in [1.807, 2.05) is 0 Å². The highest BCUT2D eigenvalue weighted by atomic mass is 79.9. The van der Waals surface area contributed by atoms with E-state index >= 15 is 0 Å². The molecule has 1 fully saturated rings. The van der Waals surface area contributed by atoms with Gasteiger partial charge in [-0.2, -0.15) is 0 Å². The summed E-state index contributed by atoms with van der Waals surface area (Å²) in [4.78, 5) is 0. The molecule has 0 spiro atoms. The summed E-state index contributed by atoms with van der Waals surface area (Å²) in [6, 6.07) is 4.80. The molecule has 0 radical (unpaired) electrons. The summed E-state index contributed by atoms with van der Waals surface area (Å²) in [6.07, 6.45) is 4.36. The molecular weight excluding hydrogens is 283 g/mol. The molecule has 1 nitrogen and oxygen atoms in total. The number of hydrogen-bond acceptors (Lipinski definition) is 1. The highest BCUT2D eigenvalue weighted by Gasteiger charge is 2.34. The molecule has 2 unspecified atom stereocenters. The molecule has 2 atom stereocenters. The normalized spacial score (nSPS) is 30.0. The van der Waals surface area contributed by atoms with Crippen LogP contribution >= 0.6 is 15.9 Å². The van der Waals surface area contributed by atoms with Gasteiger partial charge in [0.15, 0.2) is 0 Å². The van der Waals surface area contributed by atoms with Crippen LogP contribution in [0.4, 0.5) is 4.39 Å². The van der Waals surface area contributed by atoms with Gasteiger partial charge in [-0.05, 0) is 49.8 Å². The fourth-order valence-electron chi connectivity index (χ4n) is 2.62. The van der Waals surface area contributed by atoms with Crippen LogP contribution in [0.3, 0.4) is 0 Å². The average Bonchev–Trinajstić information content (AvgIpc) is 2.46. The van der Waals surface area contributed by atoms with Crippen LogP contribution in [-0.4, -0.2) is 5.11 Å². The molecule has 1 aliphatic carbocycles. The zero-order valence-electron chi connectivity index (χ0n) is 10.0. The lowest BCUT2D eigenvalue weighted by atomic mass is 9.86. The van der Waals surface area contributed by atoms with Crippen LogP contribution < -0.4 is 0 Å². The Morgan fingerprint density at radius 3 is 2.88 bits per heavy atom. The molecule has 0 bridgehead atoms. The summed E-state index contributed by atoms with van der Waals surface area (Å²) < 4.78 is 14.7. The second-order valence-corrected chi connectivity index (χ2v) is 6.11. The Kier molecular flexibility index (Phi) is 3.88. The Labute approximate surface area is 110 Å². The predicted octanol–water partition coefficient (Wildman–Crippen LogP) is 4.38. The average molecular weight is 301 g/mol. The zero-order chi connectivity index (χ0) is 12.5. The third kappa shape index (κ3) is 2.89. The van der Waals surface area contributed by atoms with Crippen molar-refractivity contribution in [3.63, 3.8) is 0 Å². The topological polar surface area (TPSA) is 20.2 Å². The van der Waals surface area contributed by atoms with Gasteiger partial charge < -0.3 is 5.11 Å². The van der Waals surface area contributed by atoms with Gasteiger partial charge in [0.1, 0.15) is 5.82 Å². The van der Waals surface area contributed by atoms with Crippen LogP contribution in [0.5, 0.6) is 0 Å². The fourth-order valence-corrected chi connectivity index (χ4v) is 2.98. The Morgan fingerprint density at radius 2 is 2.12 bits per heavy atom. The van der Waals surface area contributed by atoms with Crippen LogP contribution in [0.25, 0.3) is 0 Å². The Morgan fingerprint density at radius 1 is 1.35 bits per heavy atom. The first-order valence-electron chi connectivity index (χ1n) is 6.19. The summed E-state index contributed by atoms with van der Waals surface area (Å²) in [5.41, 5.74) is -0.542. The molecule has 1 aromatic carbocycles. The van der Waals surface area contributed by atoms with Gasteiger partial charge in [-0.3, -0.25) is 0 Å². The first-order chi connectivity index (χ1) is 8.01. The van der Waals surface area contributed by atoms with Gasteiger partial charge in [0, 0.05) is 10.0 Å². The van der Waals surface area contributed by atoms with E-state index < -0.39 is 5.60 Å². The maximum Gasteiger partial charge on any atom is 0.129 e. The van der Waals surface area contributed by atoms with E-state index in [2.05, 4.69) is 22.9 Å². The zero-order valence-corrected chi connectivity index (χ0v) is 11.6. The van der Waals surface area contributed by atoms with Crippen LogP contribution in [0.2, 0.25) is 0 Å². The molecule has 1 aromatic rings. The molecule has 0 aromatic heterocycles. The van der Waals surface area contributed by atoms with Crippen molar-refractivity contribution in [2.75, 3.05) is 0 Å². The molecule has 2 rings (SSSR count). The van der Waals surface area contributed by atoms with E-state index in [0.29, 0.717) is 24.3 Å². The van der Waals surface area contributed by atoms with Gasteiger partial charge in [0.2, 0.25) is 0 Å². The molecule has 0 heterocycles. The first-order valence-corrected chi connectivity index (χ1v) is 6.98. The first kappa shape index (κ1) is 13.0. The summed E-state index contributed by atoms with van der Waals surface area (Å²) in [6.45, 7) is 2.20. The minimum Gasteiger partial charge on any atom is -0.385 e. The van der Waals surface area contributed by atoms with Gasteiger partial charge in [-0.25, -0.2) is 4.39 Å². The van der Waals surface area contributed by atoms with Gasteiger partial charge in [0.25, 0.3) is 0 Å². The van der Waals surface area contributed by atoms with Crippen LogP contribution in [0, 0.1) is 11.7 Å². The van der Waals surface area contributed by atoms with Crippen molar-refractivity contribution in [2.24, 2.45) is 5.92 Å².